The van der Waals surface area contributed by atoms with Crippen molar-refractivity contribution in [2.75, 3.05) is 10.6 Å². The van der Waals surface area contributed by atoms with Crippen molar-refractivity contribution in [2.24, 2.45) is 0 Å². The number of nitrogens with one attached hydrogen (secondary N) is 3. The van der Waals surface area contributed by atoms with Crippen LogP contribution in [0.25, 0.3) is 10.9 Å². The third-order valence-electron chi connectivity index (χ3n) is 4.73. The van der Waals surface area contributed by atoms with Gasteiger partial charge in [0.2, 0.25) is 5.91 Å². The van der Waals surface area contributed by atoms with Crippen LogP contribution in [-0.4, -0.2) is 33.1 Å². The lowest BCUT2D eigenvalue weighted by molar-refractivity contribution is -0.192. The minimum Gasteiger partial charge on any atom is -0.475 e. The van der Waals surface area contributed by atoms with E-state index in [0.29, 0.717) is 6.42 Å². The average Bonchev–Trinajstić information content (AvgIpc) is 3.10. The number of nitrogens with zero attached hydrogens (tertiary/aromatic N) is 1. The first-order chi connectivity index (χ1) is 16.1. The summed E-state index contributed by atoms with van der Waals surface area (Å²) < 4.78 is 31.7. The van der Waals surface area contributed by atoms with E-state index in [1.807, 2.05) is 67.6 Å². The van der Waals surface area contributed by atoms with E-state index in [0.717, 1.165) is 39.2 Å². The standard InChI is InChI=1S/C22H20N4O.C2HF3O2/c1-15-20(19-6-2-3-7-21(19)24-15)13-22(27)26-17-10-8-16(9-11-17)25-18-5-4-12-23-14-18;3-2(4,5)1(6)7/h2-12,14,24-25H,13H2,1H3,(H,26,27);(H,6,7). The molecule has 2 aromatic heterocycles. The van der Waals surface area contributed by atoms with Crippen molar-refractivity contribution in [3.8, 4) is 0 Å². The van der Waals surface area contributed by atoms with Crippen LogP contribution in [0.15, 0.2) is 73.1 Å². The van der Waals surface area contributed by atoms with Gasteiger partial charge in [-0.15, -0.1) is 0 Å². The molecule has 1 amide bonds. The number of aryl methyl sites for hydroxylation is 1. The molecule has 4 rings (SSSR count). The first kappa shape index (κ1) is 24.3. The van der Waals surface area contributed by atoms with Gasteiger partial charge in [0.1, 0.15) is 0 Å². The number of para-hydroxylation sites is 1. The molecule has 0 unspecified atom stereocenters. The number of hydrogen-bond acceptors (Lipinski definition) is 4. The van der Waals surface area contributed by atoms with Gasteiger partial charge >= 0.3 is 12.1 Å². The molecule has 7 nitrogen and oxygen atoms in total. The molecule has 176 valence electrons. The Morgan fingerprint density at radius 2 is 1.62 bits per heavy atom. The quantitative estimate of drug-likeness (QED) is 0.311. The van der Waals surface area contributed by atoms with Gasteiger partial charge in [-0.25, -0.2) is 4.79 Å². The second-order valence-corrected chi connectivity index (χ2v) is 7.25. The Morgan fingerprint density at radius 1 is 0.971 bits per heavy atom. The summed E-state index contributed by atoms with van der Waals surface area (Å²) in [5.74, 6) is -2.79. The number of anilines is 3. The Hall–Kier alpha value is -4.34. The van der Waals surface area contributed by atoms with Crippen LogP contribution in [0.3, 0.4) is 0 Å². The van der Waals surface area contributed by atoms with E-state index in [1.165, 1.54) is 0 Å². The molecule has 34 heavy (non-hydrogen) atoms. The molecule has 0 saturated heterocycles. The zero-order valence-corrected chi connectivity index (χ0v) is 18.0. The third kappa shape index (κ3) is 6.58. The number of rotatable bonds is 5. The number of pyridine rings is 1. The normalized spacial score (nSPS) is 10.8. The summed E-state index contributed by atoms with van der Waals surface area (Å²) in [6.07, 6.45) is -1.25. The molecule has 2 aromatic carbocycles. The lowest BCUT2D eigenvalue weighted by Crippen LogP contribution is -2.21. The molecular formula is C24H21F3N4O3. The molecule has 4 aromatic rings. The van der Waals surface area contributed by atoms with Crippen molar-refractivity contribution in [1.82, 2.24) is 9.97 Å². The number of aliphatic carboxylic acids is 1. The summed E-state index contributed by atoms with van der Waals surface area (Å²) >= 11 is 0. The molecule has 2 heterocycles. The summed E-state index contributed by atoms with van der Waals surface area (Å²) in [7, 11) is 0. The molecule has 0 aliphatic rings. The Bertz CT molecular complexity index is 1270. The van der Waals surface area contributed by atoms with E-state index in [-0.39, 0.29) is 5.91 Å². The van der Waals surface area contributed by atoms with Crippen molar-refractivity contribution < 1.29 is 27.9 Å². The number of amides is 1. The van der Waals surface area contributed by atoms with E-state index in [2.05, 4.69) is 20.6 Å². The molecule has 0 bridgehead atoms. The van der Waals surface area contributed by atoms with E-state index in [4.69, 9.17) is 9.90 Å². The average molecular weight is 470 g/mol. The zero-order valence-electron chi connectivity index (χ0n) is 18.0. The number of aromatic nitrogens is 2. The number of hydrogen-bond donors (Lipinski definition) is 4. The molecule has 0 atom stereocenters. The predicted octanol–water partition coefficient (Wildman–Crippen LogP) is 5.43. The van der Waals surface area contributed by atoms with E-state index >= 15 is 0 Å². The Kier molecular flexibility index (Phi) is 7.52. The molecule has 4 N–H and O–H groups in total. The number of carbonyl (C=O) groups excluding carboxylic acids is 1. The van der Waals surface area contributed by atoms with Gasteiger partial charge in [-0.05, 0) is 55.0 Å². The molecular weight excluding hydrogens is 449 g/mol. The van der Waals surface area contributed by atoms with Gasteiger partial charge < -0.3 is 20.7 Å². The first-order valence-corrected chi connectivity index (χ1v) is 10.1. The van der Waals surface area contributed by atoms with Crippen LogP contribution < -0.4 is 10.6 Å². The monoisotopic (exact) mass is 470 g/mol. The first-order valence-electron chi connectivity index (χ1n) is 10.1. The number of carboxylic acid groups (broad SMARTS) is 1. The number of aromatic amines is 1. The summed E-state index contributed by atoms with van der Waals surface area (Å²) in [6.45, 7) is 2.00. The van der Waals surface area contributed by atoms with Crippen molar-refractivity contribution in [3.05, 3.63) is 84.3 Å². The fourth-order valence-corrected chi connectivity index (χ4v) is 3.17. The molecule has 0 aliphatic heterocycles. The molecule has 0 radical (unpaired) electrons. The van der Waals surface area contributed by atoms with Gasteiger partial charge in [-0.2, -0.15) is 13.2 Å². The number of H-pyrrole nitrogens is 1. The maximum absolute atomic E-state index is 12.5. The van der Waals surface area contributed by atoms with Crippen molar-refractivity contribution in [3.63, 3.8) is 0 Å². The number of fused-ring (bicyclic) bond motifs is 1. The Labute approximate surface area is 192 Å². The topological polar surface area (TPSA) is 107 Å². The molecule has 0 saturated carbocycles. The van der Waals surface area contributed by atoms with Crippen LogP contribution in [0.5, 0.6) is 0 Å². The van der Waals surface area contributed by atoms with Crippen molar-refractivity contribution >= 4 is 39.8 Å². The largest absolute Gasteiger partial charge is 0.490 e. The maximum Gasteiger partial charge on any atom is 0.490 e. The second kappa shape index (κ2) is 10.5. The Balaban J connectivity index is 0.000000406. The molecule has 0 fully saturated rings. The minimum atomic E-state index is -5.08. The fraction of sp³-hybridized carbons (Fsp3) is 0.125. The highest BCUT2D eigenvalue weighted by atomic mass is 19.4. The van der Waals surface area contributed by atoms with E-state index < -0.39 is 12.1 Å². The summed E-state index contributed by atoms with van der Waals surface area (Å²) in [6, 6.07) is 19.5. The minimum absolute atomic E-state index is 0.0316. The van der Waals surface area contributed by atoms with Crippen LogP contribution in [-0.2, 0) is 16.0 Å². The van der Waals surface area contributed by atoms with Gasteiger partial charge in [0, 0.05) is 34.2 Å². The van der Waals surface area contributed by atoms with E-state index in [1.54, 1.807) is 12.4 Å². The number of benzene rings is 2. The number of halogens is 3. The van der Waals surface area contributed by atoms with Gasteiger partial charge in [0.25, 0.3) is 0 Å². The second-order valence-electron chi connectivity index (χ2n) is 7.25. The highest BCUT2D eigenvalue weighted by Crippen LogP contribution is 2.23. The van der Waals surface area contributed by atoms with E-state index in [9.17, 15) is 18.0 Å². The van der Waals surface area contributed by atoms with Crippen molar-refractivity contribution in [1.29, 1.82) is 0 Å². The van der Waals surface area contributed by atoms with Crippen LogP contribution in [0.1, 0.15) is 11.3 Å². The number of carbonyl (C=O) groups is 2. The van der Waals surface area contributed by atoms with Gasteiger partial charge in [0.05, 0.1) is 18.3 Å². The maximum atomic E-state index is 12.5. The lowest BCUT2D eigenvalue weighted by Gasteiger charge is -2.09. The Morgan fingerprint density at radius 3 is 2.24 bits per heavy atom. The summed E-state index contributed by atoms with van der Waals surface area (Å²) in [5.41, 5.74) is 5.76. The number of alkyl halides is 3. The van der Waals surface area contributed by atoms with Crippen LogP contribution in [0.4, 0.5) is 30.2 Å². The zero-order chi connectivity index (χ0) is 24.7. The number of carboxylic acids is 1. The third-order valence-corrected chi connectivity index (χ3v) is 4.73. The van der Waals surface area contributed by atoms with Crippen LogP contribution in [0.2, 0.25) is 0 Å². The summed E-state index contributed by atoms with van der Waals surface area (Å²) in [4.78, 5) is 28.8. The SMILES string of the molecule is Cc1[nH]c2ccccc2c1CC(=O)Nc1ccc(Nc2cccnc2)cc1.O=C(O)C(F)(F)F. The highest BCUT2D eigenvalue weighted by Gasteiger charge is 2.38. The molecule has 0 spiro atoms. The predicted molar refractivity (Wildman–Crippen MR) is 123 cm³/mol. The smallest absolute Gasteiger partial charge is 0.475 e. The molecule has 0 aliphatic carbocycles. The highest BCUT2D eigenvalue weighted by molar-refractivity contribution is 5.96. The van der Waals surface area contributed by atoms with Crippen molar-refractivity contribution in [2.45, 2.75) is 19.5 Å². The lowest BCUT2D eigenvalue weighted by atomic mass is 10.1. The fourth-order valence-electron chi connectivity index (χ4n) is 3.17. The van der Waals surface area contributed by atoms with Gasteiger partial charge in [-0.3, -0.25) is 9.78 Å². The summed E-state index contributed by atoms with van der Waals surface area (Å²) in [5, 5.41) is 14.5. The van der Waals surface area contributed by atoms with Crippen LogP contribution >= 0.6 is 0 Å². The van der Waals surface area contributed by atoms with Gasteiger partial charge in [-0.1, -0.05) is 18.2 Å². The molecule has 10 heteroatoms. The van der Waals surface area contributed by atoms with Gasteiger partial charge in [0.15, 0.2) is 0 Å². The van der Waals surface area contributed by atoms with Crippen LogP contribution in [0, 0.1) is 6.92 Å².